The van der Waals surface area contributed by atoms with Crippen molar-refractivity contribution in [1.29, 1.82) is 0 Å². The zero-order valence-corrected chi connectivity index (χ0v) is 25.6. The van der Waals surface area contributed by atoms with E-state index in [1.54, 1.807) is 0 Å². The number of hydrogen-bond acceptors (Lipinski definition) is 1. The summed E-state index contributed by atoms with van der Waals surface area (Å²) in [6.07, 6.45) is 3.57. The summed E-state index contributed by atoms with van der Waals surface area (Å²) in [6, 6.07) is 50.8. The lowest BCUT2D eigenvalue weighted by Gasteiger charge is -2.20. The Morgan fingerprint density at radius 3 is 2.09 bits per heavy atom. The van der Waals surface area contributed by atoms with Gasteiger partial charge in [0.2, 0.25) is 0 Å². The molecule has 0 saturated carbocycles. The van der Waals surface area contributed by atoms with Gasteiger partial charge < -0.3 is 9.30 Å². The van der Waals surface area contributed by atoms with Crippen LogP contribution in [0.3, 0.4) is 0 Å². The second-order valence-electron chi connectivity index (χ2n) is 12.5. The molecule has 45 heavy (non-hydrogen) atoms. The van der Waals surface area contributed by atoms with Gasteiger partial charge in [-0.3, -0.25) is 9.13 Å². The molecule has 0 spiro atoms. The maximum Gasteiger partial charge on any atom is 0.269 e. The number of aromatic nitrogens is 3. The molecule has 4 heteroatoms. The van der Waals surface area contributed by atoms with Crippen molar-refractivity contribution in [2.75, 3.05) is 0 Å². The van der Waals surface area contributed by atoms with Crippen molar-refractivity contribution < 1.29 is 9.30 Å². The third kappa shape index (κ3) is 4.76. The molecule has 218 valence electrons. The van der Waals surface area contributed by atoms with E-state index in [9.17, 15) is 0 Å². The summed E-state index contributed by atoms with van der Waals surface area (Å²) in [5, 5.41) is 2.43. The number of rotatable bonds is 5. The molecule has 0 atom stereocenters. The Hall–Kier alpha value is -5.61. The summed E-state index contributed by atoms with van der Waals surface area (Å²) in [4.78, 5) is 0. The zero-order chi connectivity index (χ0) is 30.5. The molecular weight excluding hydrogens is 550 g/mol. The van der Waals surface area contributed by atoms with Crippen LogP contribution >= 0.6 is 0 Å². The predicted octanol–water partition coefficient (Wildman–Crippen LogP) is 9.89. The molecule has 8 aromatic rings. The highest BCUT2D eigenvalue weighted by atomic mass is 16.5. The van der Waals surface area contributed by atoms with E-state index in [1.165, 1.54) is 21.9 Å². The highest BCUT2D eigenvalue weighted by molar-refractivity contribution is 6.09. The first-order valence-electron chi connectivity index (χ1n) is 15.4. The van der Waals surface area contributed by atoms with Gasteiger partial charge in [-0.2, -0.15) is 0 Å². The largest absolute Gasteiger partial charge is 0.458 e. The molecule has 0 N–H and O–H groups in total. The molecule has 0 amide bonds. The molecule has 6 aromatic carbocycles. The average Bonchev–Trinajstić information content (AvgIpc) is 3.61. The minimum absolute atomic E-state index is 0.0525. The van der Waals surface area contributed by atoms with Gasteiger partial charge in [0.1, 0.15) is 11.5 Å². The number of imidazole rings is 1. The maximum absolute atomic E-state index is 6.57. The van der Waals surface area contributed by atoms with E-state index < -0.39 is 0 Å². The van der Waals surface area contributed by atoms with Gasteiger partial charge in [-0.1, -0.05) is 99.6 Å². The van der Waals surface area contributed by atoms with Crippen molar-refractivity contribution in [3.8, 4) is 28.6 Å². The van der Waals surface area contributed by atoms with Crippen LogP contribution in [0.5, 0.6) is 11.5 Å². The number of hydrogen-bond donors (Lipinski definition) is 0. The van der Waals surface area contributed by atoms with E-state index in [0.29, 0.717) is 0 Å². The zero-order valence-electron chi connectivity index (χ0n) is 25.6. The van der Waals surface area contributed by atoms with Gasteiger partial charge >= 0.3 is 0 Å². The SMILES string of the molecule is CC(C)(C)c1cccc(-n2c3ccccc3c3ccc(Oc4cccc(-n5[c-][n+](-c6ccccc6)c6ccccc65)c4)cc32)c1. The quantitative estimate of drug-likeness (QED) is 0.146. The topological polar surface area (TPSA) is 23.0 Å². The number of nitrogens with zero attached hydrogens (tertiary/aromatic N) is 3. The standard InChI is InChI=1S/C41H33N3O/c1-41(2,3)29-13-11-17-32(25-29)44-37-20-8-7-19-35(37)36-24-23-34(27-40(36)44)45-33-18-12-16-31(26-33)43-28-42(30-14-5-4-6-15-30)38-21-9-10-22-39(38)43/h4-27H,1-3H3. The fourth-order valence-electron chi connectivity index (χ4n) is 6.25. The van der Waals surface area contributed by atoms with Crippen LogP contribution in [0.2, 0.25) is 0 Å². The summed E-state index contributed by atoms with van der Waals surface area (Å²) in [6.45, 7) is 6.77. The highest BCUT2D eigenvalue weighted by Gasteiger charge is 2.18. The number of para-hydroxylation sites is 4. The third-order valence-corrected chi connectivity index (χ3v) is 8.51. The van der Waals surface area contributed by atoms with Gasteiger partial charge in [-0.05, 0) is 71.6 Å². The van der Waals surface area contributed by atoms with Gasteiger partial charge in [0, 0.05) is 22.5 Å². The minimum atomic E-state index is 0.0525. The van der Waals surface area contributed by atoms with Crippen molar-refractivity contribution in [1.82, 2.24) is 9.13 Å². The van der Waals surface area contributed by atoms with Crippen molar-refractivity contribution in [3.05, 3.63) is 157 Å². The van der Waals surface area contributed by atoms with Gasteiger partial charge in [-0.15, -0.1) is 0 Å². The van der Waals surface area contributed by atoms with Crippen molar-refractivity contribution in [3.63, 3.8) is 0 Å². The van der Waals surface area contributed by atoms with Crippen LogP contribution in [-0.4, -0.2) is 9.13 Å². The average molecular weight is 584 g/mol. The molecule has 4 nitrogen and oxygen atoms in total. The number of benzene rings is 6. The lowest BCUT2D eigenvalue weighted by atomic mass is 9.87. The van der Waals surface area contributed by atoms with Crippen LogP contribution in [0.4, 0.5) is 0 Å². The van der Waals surface area contributed by atoms with E-state index in [2.05, 4.69) is 156 Å². The second kappa shape index (κ2) is 10.5. The van der Waals surface area contributed by atoms with E-state index in [-0.39, 0.29) is 5.41 Å². The van der Waals surface area contributed by atoms with Gasteiger partial charge in [0.25, 0.3) is 6.33 Å². The normalized spacial score (nSPS) is 11.9. The van der Waals surface area contributed by atoms with Crippen LogP contribution < -0.4 is 9.30 Å². The molecular formula is C41H33N3O. The smallest absolute Gasteiger partial charge is 0.269 e. The Kier molecular flexibility index (Phi) is 6.31. The van der Waals surface area contributed by atoms with Gasteiger partial charge in [0.15, 0.2) is 0 Å². The molecule has 2 aromatic heterocycles. The summed E-state index contributed by atoms with van der Waals surface area (Å²) >= 11 is 0. The molecule has 0 aliphatic rings. The first kappa shape index (κ1) is 27.0. The Morgan fingerprint density at radius 2 is 1.24 bits per heavy atom. The van der Waals surface area contributed by atoms with Crippen LogP contribution in [0.25, 0.3) is 49.9 Å². The summed E-state index contributed by atoms with van der Waals surface area (Å²) < 4.78 is 13.1. The molecule has 8 rings (SSSR count). The third-order valence-electron chi connectivity index (χ3n) is 8.51. The van der Waals surface area contributed by atoms with Crippen LogP contribution in [-0.2, 0) is 5.41 Å². The fraction of sp³-hybridized carbons (Fsp3) is 0.0976. The Morgan fingerprint density at radius 1 is 0.556 bits per heavy atom. The van der Waals surface area contributed by atoms with Gasteiger partial charge in [-0.25, -0.2) is 0 Å². The molecule has 2 heterocycles. The molecule has 0 saturated heterocycles. The first-order valence-corrected chi connectivity index (χ1v) is 15.4. The van der Waals surface area contributed by atoms with Gasteiger partial charge in [0.05, 0.1) is 33.4 Å². The molecule has 0 aliphatic carbocycles. The number of ether oxygens (including phenoxy) is 1. The van der Waals surface area contributed by atoms with Crippen molar-refractivity contribution in [2.45, 2.75) is 26.2 Å². The lowest BCUT2D eigenvalue weighted by molar-refractivity contribution is -0.572. The van der Waals surface area contributed by atoms with E-state index in [1.807, 2.05) is 30.3 Å². The van der Waals surface area contributed by atoms with E-state index in [4.69, 9.17) is 4.74 Å². The molecule has 0 radical (unpaired) electrons. The molecule has 0 unspecified atom stereocenters. The van der Waals surface area contributed by atoms with Crippen LogP contribution in [0.1, 0.15) is 26.3 Å². The first-order chi connectivity index (χ1) is 21.9. The summed E-state index contributed by atoms with van der Waals surface area (Å²) in [7, 11) is 0. The molecule has 0 bridgehead atoms. The second-order valence-corrected chi connectivity index (χ2v) is 12.5. The van der Waals surface area contributed by atoms with Crippen molar-refractivity contribution in [2.24, 2.45) is 0 Å². The Balaban J connectivity index is 1.21. The molecule has 0 fully saturated rings. The monoisotopic (exact) mass is 583 g/mol. The molecule has 0 aliphatic heterocycles. The lowest BCUT2D eigenvalue weighted by Crippen LogP contribution is -2.29. The van der Waals surface area contributed by atoms with Crippen molar-refractivity contribution >= 4 is 32.8 Å². The van der Waals surface area contributed by atoms with Crippen LogP contribution in [0.15, 0.2) is 146 Å². The Bertz CT molecular complexity index is 2340. The highest BCUT2D eigenvalue weighted by Crippen LogP contribution is 2.36. The van der Waals surface area contributed by atoms with E-state index in [0.717, 1.165) is 45.1 Å². The van der Waals surface area contributed by atoms with Crippen LogP contribution in [0, 0.1) is 6.33 Å². The van der Waals surface area contributed by atoms with E-state index >= 15 is 0 Å². The fourth-order valence-corrected chi connectivity index (χ4v) is 6.25. The summed E-state index contributed by atoms with van der Waals surface area (Å²) in [5.74, 6) is 1.55. The Labute approximate surface area is 263 Å². The minimum Gasteiger partial charge on any atom is -0.458 e. The summed E-state index contributed by atoms with van der Waals surface area (Å²) in [5.41, 5.74) is 9.00. The number of fused-ring (bicyclic) bond motifs is 4. The predicted molar refractivity (Wildman–Crippen MR) is 183 cm³/mol. The maximum atomic E-state index is 6.57.